The summed E-state index contributed by atoms with van der Waals surface area (Å²) in [6.07, 6.45) is 0.569. The van der Waals surface area contributed by atoms with Gasteiger partial charge in [-0.1, -0.05) is 68.4 Å². The van der Waals surface area contributed by atoms with Crippen molar-refractivity contribution in [1.82, 2.24) is 10.8 Å². The lowest BCUT2D eigenvalue weighted by Gasteiger charge is -2.18. The Morgan fingerprint density at radius 3 is 2.15 bits per heavy atom. The van der Waals surface area contributed by atoms with Crippen LogP contribution in [0.5, 0.6) is 0 Å². The molecule has 0 saturated heterocycles. The van der Waals surface area contributed by atoms with Gasteiger partial charge in [0.05, 0.1) is 0 Å². The van der Waals surface area contributed by atoms with Crippen LogP contribution in [0.4, 0.5) is 0 Å². The molecule has 2 amide bonds. The maximum absolute atomic E-state index is 12.4. The number of hydrogen-bond donors (Lipinski definition) is 3. The number of carbonyl (C=O) groups excluding carboxylic acids is 2. The van der Waals surface area contributed by atoms with Crippen LogP contribution in [0.25, 0.3) is 11.1 Å². The molecule has 0 radical (unpaired) electrons. The zero-order valence-electron chi connectivity index (χ0n) is 15.2. The molecule has 0 aliphatic heterocycles. The summed E-state index contributed by atoms with van der Waals surface area (Å²) in [4.78, 5) is 23.8. The molecule has 0 aliphatic carbocycles. The Kier molecular flexibility index (Phi) is 7.36. The van der Waals surface area contributed by atoms with Crippen molar-refractivity contribution < 1.29 is 14.8 Å². The average Bonchev–Trinajstić information content (AvgIpc) is 2.66. The fraction of sp³-hybridized carbons (Fsp3) is 0.333. The van der Waals surface area contributed by atoms with Crippen molar-refractivity contribution in [2.75, 3.05) is 0 Å². The molecule has 5 heteroatoms. The summed E-state index contributed by atoms with van der Waals surface area (Å²) in [5, 5.41) is 11.6. The topological polar surface area (TPSA) is 78.4 Å². The lowest BCUT2D eigenvalue weighted by molar-refractivity contribution is -0.135. The van der Waals surface area contributed by atoms with E-state index in [1.807, 2.05) is 56.3 Å². The van der Waals surface area contributed by atoms with Crippen molar-refractivity contribution in [1.29, 1.82) is 0 Å². The molecule has 0 fully saturated rings. The minimum Gasteiger partial charge on any atom is -0.352 e. The first-order valence-electron chi connectivity index (χ1n) is 8.84. The Morgan fingerprint density at radius 1 is 0.962 bits per heavy atom. The van der Waals surface area contributed by atoms with Crippen LogP contribution in [-0.2, 0) is 16.1 Å². The normalized spacial score (nSPS) is 11.8. The van der Waals surface area contributed by atoms with Gasteiger partial charge in [0.1, 0.15) is 0 Å². The lowest BCUT2D eigenvalue weighted by atomic mass is 9.93. The second-order valence-corrected chi connectivity index (χ2v) is 6.85. The van der Waals surface area contributed by atoms with E-state index >= 15 is 0 Å². The van der Waals surface area contributed by atoms with E-state index in [0.717, 1.165) is 16.7 Å². The first kappa shape index (κ1) is 19.7. The highest BCUT2D eigenvalue weighted by molar-refractivity contribution is 5.85. The molecule has 0 heterocycles. The molecule has 0 bridgehead atoms. The van der Waals surface area contributed by atoms with Gasteiger partial charge >= 0.3 is 0 Å². The SMILES string of the molecule is CC(C)C[C@H](CC(=O)NO)C(=O)NCc1ccc(-c2ccccc2)cc1. The van der Waals surface area contributed by atoms with Gasteiger partial charge in [0.2, 0.25) is 11.8 Å². The third kappa shape index (κ3) is 6.01. The molecule has 3 N–H and O–H groups in total. The Balaban J connectivity index is 1.95. The average molecular weight is 354 g/mol. The Labute approximate surface area is 154 Å². The molecule has 0 aliphatic rings. The van der Waals surface area contributed by atoms with E-state index < -0.39 is 11.8 Å². The highest BCUT2D eigenvalue weighted by Gasteiger charge is 2.22. The summed E-state index contributed by atoms with van der Waals surface area (Å²) in [7, 11) is 0. The van der Waals surface area contributed by atoms with Crippen LogP contribution in [0.15, 0.2) is 54.6 Å². The van der Waals surface area contributed by atoms with Gasteiger partial charge in [-0.25, -0.2) is 5.48 Å². The van der Waals surface area contributed by atoms with Crippen molar-refractivity contribution in [3.8, 4) is 11.1 Å². The van der Waals surface area contributed by atoms with Gasteiger partial charge in [0.25, 0.3) is 0 Å². The third-order valence-electron chi connectivity index (χ3n) is 4.21. The summed E-state index contributed by atoms with van der Waals surface area (Å²) in [6.45, 7) is 4.40. The maximum atomic E-state index is 12.4. The second kappa shape index (κ2) is 9.73. The van der Waals surface area contributed by atoms with E-state index in [1.165, 1.54) is 0 Å². The molecule has 5 nitrogen and oxygen atoms in total. The standard InChI is InChI=1S/C21H26N2O3/c1-15(2)12-19(13-20(24)23-26)21(25)22-14-16-8-10-18(11-9-16)17-6-4-3-5-7-17/h3-11,15,19,26H,12-14H2,1-2H3,(H,22,25)(H,23,24)/t19-/m1/s1. The van der Waals surface area contributed by atoms with Gasteiger partial charge in [0.15, 0.2) is 0 Å². The van der Waals surface area contributed by atoms with E-state index in [9.17, 15) is 9.59 Å². The van der Waals surface area contributed by atoms with Crippen LogP contribution in [-0.4, -0.2) is 17.0 Å². The van der Waals surface area contributed by atoms with Gasteiger partial charge in [-0.05, 0) is 29.0 Å². The van der Waals surface area contributed by atoms with Gasteiger partial charge in [-0.15, -0.1) is 0 Å². The van der Waals surface area contributed by atoms with Crippen molar-refractivity contribution in [2.24, 2.45) is 11.8 Å². The minimum absolute atomic E-state index is 0.0204. The van der Waals surface area contributed by atoms with Crippen molar-refractivity contribution >= 4 is 11.8 Å². The second-order valence-electron chi connectivity index (χ2n) is 6.85. The van der Waals surface area contributed by atoms with Crippen LogP contribution >= 0.6 is 0 Å². The quantitative estimate of drug-likeness (QED) is 0.501. The molecular weight excluding hydrogens is 328 g/mol. The van der Waals surface area contributed by atoms with Crippen LogP contribution < -0.4 is 10.8 Å². The fourth-order valence-corrected chi connectivity index (χ4v) is 2.90. The predicted molar refractivity (Wildman–Crippen MR) is 101 cm³/mol. The Morgan fingerprint density at radius 2 is 1.58 bits per heavy atom. The maximum Gasteiger partial charge on any atom is 0.244 e. The fourth-order valence-electron chi connectivity index (χ4n) is 2.90. The molecule has 0 aromatic heterocycles. The Hall–Kier alpha value is -2.66. The molecule has 26 heavy (non-hydrogen) atoms. The van der Waals surface area contributed by atoms with Crippen molar-refractivity contribution in [3.05, 3.63) is 60.2 Å². The molecule has 1 atom stereocenters. The first-order valence-corrected chi connectivity index (χ1v) is 8.84. The molecular formula is C21H26N2O3. The van der Waals surface area contributed by atoms with Crippen molar-refractivity contribution in [2.45, 2.75) is 33.2 Å². The van der Waals surface area contributed by atoms with Gasteiger partial charge in [-0.2, -0.15) is 0 Å². The summed E-state index contributed by atoms with van der Waals surface area (Å²) < 4.78 is 0. The number of hydrogen-bond acceptors (Lipinski definition) is 3. The molecule has 2 aromatic carbocycles. The number of hydroxylamine groups is 1. The Bertz CT molecular complexity index is 712. The number of benzene rings is 2. The van der Waals surface area contributed by atoms with Gasteiger partial charge in [0, 0.05) is 18.9 Å². The van der Waals surface area contributed by atoms with E-state index in [2.05, 4.69) is 17.4 Å². The molecule has 2 rings (SSSR count). The zero-order chi connectivity index (χ0) is 18.9. The van der Waals surface area contributed by atoms with E-state index in [-0.39, 0.29) is 18.2 Å². The smallest absolute Gasteiger partial charge is 0.244 e. The summed E-state index contributed by atoms with van der Waals surface area (Å²) in [6, 6.07) is 18.1. The van der Waals surface area contributed by atoms with Crippen LogP contribution in [0.3, 0.4) is 0 Å². The van der Waals surface area contributed by atoms with Crippen LogP contribution in [0, 0.1) is 11.8 Å². The molecule has 138 valence electrons. The lowest BCUT2D eigenvalue weighted by Crippen LogP contribution is -2.34. The zero-order valence-corrected chi connectivity index (χ0v) is 15.2. The molecule has 0 spiro atoms. The van der Waals surface area contributed by atoms with Gasteiger partial charge in [-0.3, -0.25) is 14.8 Å². The summed E-state index contributed by atoms with van der Waals surface area (Å²) in [5.41, 5.74) is 4.87. The summed E-state index contributed by atoms with van der Waals surface area (Å²) in [5.74, 6) is -0.888. The largest absolute Gasteiger partial charge is 0.352 e. The van der Waals surface area contributed by atoms with Gasteiger partial charge < -0.3 is 5.32 Å². The predicted octanol–water partition coefficient (Wildman–Crippen LogP) is 3.53. The van der Waals surface area contributed by atoms with E-state index in [1.54, 1.807) is 5.48 Å². The van der Waals surface area contributed by atoms with Crippen LogP contribution in [0.1, 0.15) is 32.3 Å². The molecule has 0 unspecified atom stereocenters. The number of rotatable bonds is 8. The minimum atomic E-state index is -0.544. The van der Waals surface area contributed by atoms with E-state index in [0.29, 0.717) is 13.0 Å². The number of nitrogens with one attached hydrogen (secondary N) is 2. The van der Waals surface area contributed by atoms with Crippen LogP contribution in [0.2, 0.25) is 0 Å². The third-order valence-corrected chi connectivity index (χ3v) is 4.21. The highest BCUT2D eigenvalue weighted by Crippen LogP contribution is 2.20. The van der Waals surface area contributed by atoms with E-state index in [4.69, 9.17) is 5.21 Å². The number of amides is 2. The van der Waals surface area contributed by atoms with Crippen molar-refractivity contribution in [3.63, 3.8) is 0 Å². The first-order chi connectivity index (χ1) is 12.5. The monoisotopic (exact) mass is 354 g/mol. The summed E-state index contributed by atoms with van der Waals surface area (Å²) >= 11 is 0. The number of carbonyl (C=O) groups is 2. The molecule has 2 aromatic rings. The highest BCUT2D eigenvalue weighted by atomic mass is 16.5. The molecule has 0 saturated carbocycles.